The van der Waals surface area contributed by atoms with E-state index in [9.17, 15) is 5.11 Å². The Hall–Kier alpha value is -1.76. The van der Waals surface area contributed by atoms with Crippen LogP contribution in [-0.4, -0.2) is 5.11 Å². The second-order valence-corrected chi connectivity index (χ2v) is 4.60. The summed E-state index contributed by atoms with van der Waals surface area (Å²) in [5, 5.41) is 9.37. The van der Waals surface area contributed by atoms with E-state index in [4.69, 9.17) is 0 Å². The highest BCUT2D eigenvalue weighted by molar-refractivity contribution is 5.40. The number of rotatable bonds is 3. The summed E-state index contributed by atoms with van der Waals surface area (Å²) in [6, 6.07) is 18.0. The second-order valence-electron chi connectivity index (χ2n) is 4.60. The Bertz CT molecular complexity index is 473. The Labute approximate surface area is 103 Å². The van der Waals surface area contributed by atoms with Crippen LogP contribution in [0.3, 0.4) is 0 Å². The normalized spacial score (nSPS) is 14.2. The van der Waals surface area contributed by atoms with Crippen molar-refractivity contribution in [2.24, 2.45) is 0 Å². The maximum absolute atomic E-state index is 9.37. The van der Waals surface area contributed by atoms with Crippen molar-refractivity contribution in [1.82, 2.24) is 0 Å². The third kappa shape index (κ3) is 2.19. The van der Waals surface area contributed by atoms with Crippen LogP contribution in [0.5, 0.6) is 5.75 Å². The fourth-order valence-electron chi connectivity index (χ4n) is 2.21. The van der Waals surface area contributed by atoms with E-state index in [2.05, 4.69) is 38.1 Å². The van der Waals surface area contributed by atoms with E-state index in [1.807, 2.05) is 18.2 Å². The summed E-state index contributed by atoms with van der Waals surface area (Å²) < 4.78 is 0. The standard InChI is InChI=1S/C16H18O/c1-3-16(2,13-7-5-4-6-8-13)14-9-11-15(17)12-10-14/h4-12,17H,3H2,1-2H3. The van der Waals surface area contributed by atoms with Gasteiger partial charge in [-0.05, 0) is 29.7 Å². The van der Waals surface area contributed by atoms with Crippen molar-refractivity contribution in [2.75, 3.05) is 0 Å². The highest BCUT2D eigenvalue weighted by Gasteiger charge is 2.26. The molecule has 2 aromatic carbocycles. The number of aromatic hydroxyl groups is 1. The molecule has 0 spiro atoms. The van der Waals surface area contributed by atoms with Gasteiger partial charge in [-0.3, -0.25) is 0 Å². The van der Waals surface area contributed by atoms with E-state index in [0.717, 1.165) is 6.42 Å². The molecule has 0 amide bonds. The highest BCUT2D eigenvalue weighted by atomic mass is 16.3. The molecule has 0 saturated carbocycles. The van der Waals surface area contributed by atoms with Crippen LogP contribution in [0.2, 0.25) is 0 Å². The Morgan fingerprint density at radius 3 is 1.94 bits per heavy atom. The minimum atomic E-state index is 0.00889. The first-order chi connectivity index (χ1) is 8.16. The molecular weight excluding hydrogens is 208 g/mol. The lowest BCUT2D eigenvalue weighted by Crippen LogP contribution is -2.22. The lowest BCUT2D eigenvalue weighted by atomic mass is 9.74. The van der Waals surface area contributed by atoms with E-state index >= 15 is 0 Å². The van der Waals surface area contributed by atoms with E-state index < -0.39 is 0 Å². The molecule has 0 bridgehead atoms. The largest absolute Gasteiger partial charge is 0.508 e. The molecule has 0 radical (unpaired) electrons. The zero-order chi connectivity index (χ0) is 12.3. The van der Waals surface area contributed by atoms with Gasteiger partial charge in [0.25, 0.3) is 0 Å². The Morgan fingerprint density at radius 1 is 0.882 bits per heavy atom. The summed E-state index contributed by atoms with van der Waals surface area (Å²) in [7, 11) is 0. The van der Waals surface area contributed by atoms with Crippen LogP contribution in [0.25, 0.3) is 0 Å². The predicted molar refractivity (Wildman–Crippen MR) is 71.3 cm³/mol. The summed E-state index contributed by atoms with van der Waals surface area (Å²) in [6.07, 6.45) is 1.03. The zero-order valence-electron chi connectivity index (χ0n) is 10.4. The molecule has 0 aliphatic carbocycles. The number of hydrogen-bond donors (Lipinski definition) is 1. The lowest BCUT2D eigenvalue weighted by molar-refractivity contribution is 0.473. The van der Waals surface area contributed by atoms with Crippen molar-refractivity contribution in [2.45, 2.75) is 25.7 Å². The van der Waals surface area contributed by atoms with Gasteiger partial charge < -0.3 is 5.11 Å². The number of benzene rings is 2. The van der Waals surface area contributed by atoms with Gasteiger partial charge in [0.1, 0.15) is 5.75 Å². The van der Waals surface area contributed by atoms with Gasteiger partial charge in [0, 0.05) is 5.41 Å². The molecule has 0 aromatic heterocycles. The fraction of sp³-hybridized carbons (Fsp3) is 0.250. The van der Waals surface area contributed by atoms with Crippen molar-refractivity contribution in [1.29, 1.82) is 0 Å². The molecule has 1 unspecified atom stereocenters. The average molecular weight is 226 g/mol. The van der Waals surface area contributed by atoms with Crippen LogP contribution in [0.4, 0.5) is 0 Å². The Balaban J connectivity index is 2.48. The number of hydrogen-bond acceptors (Lipinski definition) is 1. The lowest BCUT2D eigenvalue weighted by Gasteiger charge is -2.29. The van der Waals surface area contributed by atoms with Gasteiger partial charge in [0.05, 0.1) is 0 Å². The molecule has 0 fully saturated rings. The Kier molecular flexibility index (Phi) is 3.19. The molecule has 0 heterocycles. The topological polar surface area (TPSA) is 20.2 Å². The first-order valence-electron chi connectivity index (χ1n) is 6.02. The Morgan fingerprint density at radius 2 is 1.41 bits per heavy atom. The first-order valence-corrected chi connectivity index (χ1v) is 6.02. The summed E-state index contributed by atoms with van der Waals surface area (Å²) in [5.74, 6) is 0.320. The molecule has 0 saturated heterocycles. The van der Waals surface area contributed by atoms with Crippen molar-refractivity contribution < 1.29 is 5.11 Å². The third-order valence-corrected chi connectivity index (χ3v) is 3.62. The average Bonchev–Trinajstić information content (AvgIpc) is 2.40. The van der Waals surface area contributed by atoms with Crippen LogP contribution in [0.1, 0.15) is 31.4 Å². The maximum Gasteiger partial charge on any atom is 0.115 e. The van der Waals surface area contributed by atoms with Gasteiger partial charge in [-0.1, -0.05) is 56.3 Å². The van der Waals surface area contributed by atoms with Crippen molar-refractivity contribution in [3.05, 3.63) is 65.7 Å². The molecule has 1 heteroatoms. The molecule has 1 atom stereocenters. The van der Waals surface area contributed by atoms with Crippen molar-refractivity contribution in [3.63, 3.8) is 0 Å². The summed E-state index contributed by atoms with van der Waals surface area (Å²) in [5.41, 5.74) is 2.56. The number of phenols is 1. The van der Waals surface area contributed by atoms with Crippen LogP contribution in [-0.2, 0) is 5.41 Å². The molecule has 1 nitrogen and oxygen atoms in total. The smallest absolute Gasteiger partial charge is 0.115 e. The van der Waals surface area contributed by atoms with Crippen LogP contribution in [0.15, 0.2) is 54.6 Å². The van der Waals surface area contributed by atoms with Gasteiger partial charge >= 0.3 is 0 Å². The molecule has 17 heavy (non-hydrogen) atoms. The SMILES string of the molecule is CCC(C)(c1ccccc1)c1ccc(O)cc1. The predicted octanol–water partition coefficient (Wildman–Crippen LogP) is 4.11. The van der Waals surface area contributed by atoms with Gasteiger partial charge in [-0.15, -0.1) is 0 Å². The van der Waals surface area contributed by atoms with Gasteiger partial charge in [0.2, 0.25) is 0 Å². The molecule has 2 aromatic rings. The summed E-state index contributed by atoms with van der Waals surface area (Å²) in [6.45, 7) is 4.44. The first kappa shape index (κ1) is 11.7. The van der Waals surface area contributed by atoms with Gasteiger partial charge in [-0.2, -0.15) is 0 Å². The van der Waals surface area contributed by atoms with Crippen molar-refractivity contribution >= 4 is 0 Å². The molecular formula is C16H18O. The van der Waals surface area contributed by atoms with E-state index in [1.54, 1.807) is 12.1 Å². The van der Waals surface area contributed by atoms with E-state index in [-0.39, 0.29) is 5.41 Å². The molecule has 0 aliphatic heterocycles. The van der Waals surface area contributed by atoms with E-state index in [0.29, 0.717) is 5.75 Å². The minimum absolute atomic E-state index is 0.00889. The quantitative estimate of drug-likeness (QED) is 0.835. The number of phenolic OH excluding ortho intramolecular Hbond substituents is 1. The minimum Gasteiger partial charge on any atom is -0.508 e. The summed E-state index contributed by atoms with van der Waals surface area (Å²) in [4.78, 5) is 0. The van der Waals surface area contributed by atoms with Crippen molar-refractivity contribution in [3.8, 4) is 5.75 Å². The van der Waals surface area contributed by atoms with Crippen LogP contribution < -0.4 is 0 Å². The van der Waals surface area contributed by atoms with E-state index in [1.165, 1.54) is 11.1 Å². The molecule has 2 rings (SSSR count). The highest BCUT2D eigenvalue weighted by Crippen LogP contribution is 2.35. The van der Waals surface area contributed by atoms with Gasteiger partial charge in [0.15, 0.2) is 0 Å². The molecule has 1 N–H and O–H groups in total. The second kappa shape index (κ2) is 4.62. The zero-order valence-corrected chi connectivity index (χ0v) is 10.4. The van der Waals surface area contributed by atoms with Gasteiger partial charge in [-0.25, -0.2) is 0 Å². The van der Waals surface area contributed by atoms with Crippen LogP contribution >= 0.6 is 0 Å². The fourth-order valence-corrected chi connectivity index (χ4v) is 2.21. The maximum atomic E-state index is 9.37. The molecule has 88 valence electrons. The van der Waals surface area contributed by atoms with Crippen LogP contribution in [0, 0.1) is 0 Å². The third-order valence-electron chi connectivity index (χ3n) is 3.62. The summed E-state index contributed by atoms with van der Waals surface area (Å²) >= 11 is 0. The molecule has 0 aliphatic rings. The monoisotopic (exact) mass is 226 g/mol.